The third kappa shape index (κ3) is 5.35. The zero-order valence-corrected chi connectivity index (χ0v) is 20.0. The predicted molar refractivity (Wildman–Crippen MR) is 127 cm³/mol. The van der Waals surface area contributed by atoms with E-state index in [1.54, 1.807) is 17.9 Å². The van der Waals surface area contributed by atoms with E-state index < -0.39 is 18.2 Å². The molecule has 0 unspecified atom stereocenters. The summed E-state index contributed by atoms with van der Waals surface area (Å²) in [5.74, 6) is -0.460. The van der Waals surface area contributed by atoms with E-state index in [9.17, 15) is 23.1 Å². The van der Waals surface area contributed by atoms with E-state index in [4.69, 9.17) is 5.73 Å². The Balaban J connectivity index is 1.50. The van der Waals surface area contributed by atoms with Crippen molar-refractivity contribution in [1.82, 2.24) is 14.7 Å². The number of aliphatic hydroxyl groups is 1. The van der Waals surface area contributed by atoms with Crippen molar-refractivity contribution >= 4 is 23.1 Å². The second-order valence-electron chi connectivity index (χ2n) is 10.2. The molecule has 35 heavy (non-hydrogen) atoms. The molecule has 4 N–H and O–H groups in total. The van der Waals surface area contributed by atoms with Gasteiger partial charge >= 0.3 is 6.18 Å². The lowest BCUT2D eigenvalue weighted by Crippen LogP contribution is -2.58. The first-order valence-corrected chi connectivity index (χ1v) is 11.6. The monoisotopic (exact) mass is 492 g/mol. The normalized spacial score (nSPS) is 24.7. The number of benzene rings is 1. The maximum atomic E-state index is 12.7. The summed E-state index contributed by atoms with van der Waals surface area (Å²) in [6, 6.07) is 5.43. The van der Waals surface area contributed by atoms with E-state index in [-0.39, 0.29) is 23.0 Å². The van der Waals surface area contributed by atoms with Crippen molar-refractivity contribution in [3.63, 3.8) is 0 Å². The first kappa shape index (κ1) is 25.2. The van der Waals surface area contributed by atoms with Crippen molar-refractivity contribution in [2.75, 3.05) is 25.5 Å². The molecule has 0 bridgehead atoms. The number of alkyl halides is 3. The molecule has 2 fully saturated rings. The zero-order valence-electron chi connectivity index (χ0n) is 20.0. The fraction of sp³-hybridized carbons (Fsp3) is 0.542. The summed E-state index contributed by atoms with van der Waals surface area (Å²) in [6.45, 7) is 6.67. The van der Waals surface area contributed by atoms with Crippen molar-refractivity contribution in [3.05, 3.63) is 41.6 Å². The number of anilines is 2. The standard InChI is InChI=1S/C24H31F3N6O2/c1-23(2)12-32(13-23)16-8-9-19(18(10-16)29-3)33-11-17(21(28)35)22(31-33)30-15-6-4-14(5-7-15)20(34)24(25,26)27/h4-7,11,16,19-20,34H,8-10,12-13H2,1-3H3,(H2,28,35)(H,30,31)/b29-18+/t16-,19+,20-/m1/s1. The minimum Gasteiger partial charge on any atom is -0.379 e. The number of amides is 1. The Morgan fingerprint density at radius 3 is 2.46 bits per heavy atom. The molecule has 2 aromatic rings. The molecule has 1 saturated heterocycles. The summed E-state index contributed by atoms with van der Waals surface area (Å²) < 4.78 is 39.9. The van der Waals surface area contributed by atoms with Gasteiger partial charge in [0, 0.05) is 50.2 Å². The van der Waals surface area contributed by atoms with Crippen molar-refractivity contribution < 1.29 is 23.1 Å². The number of aliphatic hydroxyl groups excluding tert-OH is 1. The number of likely N-dealkylation sites (tertiary alicyclic amines) is 1. The number of hydrogen-bond donors (Lipinski definition) is 3. The second kappa shape index (κ2) is 9.27. The van der Waals surface area contributed by atoms with Gasteiger partial charge in [0.05, 0.1) is 6.04 Å². The Bertz CT molecular complexity index is 1100. The molecule has 0 radical (unpaired) electrons. The van der Waals surface area contributed by atoms with E-state index in [1.165, 1.54) is 24.3 Å². The lowest BCUT2D eigenvalue weighted by molar-refractivity contribution is -0.206. The number of aromatic nitrogens is 2. The van der Waals surface area contributed by atoms with E-state index >= 15 is 0 Å². The fourth-order valence-corrected chi connectivity index (χ4v) is 5.04. The average Bonchev–Trinajstić information content (AvgIpc) is 3.20. The van der Waals surface area contributed by atoms with Crippen LogP contribution in [0.3, 0.4) is 0 Å². The Morgan fingerprint density at radius 1 is 1.26 bits per heavy atom. The van der Waals surface area contributed by atoms with Crippen molar-refractivity contribution in [2.24, 2.45) is 16.1 Å². The van der Waals surface area contributed by atoms with Crippen LogP contribution in [0, 0.1) is 5.41 Å². The minimum absolute atomic E-state index is 0.108. The fourth-order valence-electron chi connectivity index (χ4n) is 5.04. The number of nitrogens with zero attached hydrogens (tertiary/aromatic N) is 4. The zero-order chi connectivity index (χ0) is 25.5. The van der Waals surface area contributed by atoms with Gasteiger partial charge in [-0.2, -0.15) is 18.3 Å². The number of aliphatic imine (C=N–C) groups is 1. The molecule has 1 aliphatic carbocycles. The third-order valence-electron chi connectivity index (χ3n) is 6.78. The first-order chi connectivity index (χ1) is 16.4. The molecule has 1 saturated carbocycles. The van der Waals surface area contributed by atoms with Gasteiger partial charge in [0.2, 0.25) is 0 Å². The number of hydrogen-bond acceptors (Lipinski definition) is 6. The van der Waals surface area contributed by atoms with Gasteiger partial charge in [0.1, 0.15) is 5.56 Å². The van der Waals surface area contributed by atoms with Gasteiger partial charge in [0.25, 0.3) is 5.91 Å². The molecule has 1 aromatic heterocycles. The highest BCUT2D eigenvalue weighted by Gasteiger charge is 2.41. The van der Waals surface area contributed by atoms with Crippen LogP contribution in [0.2, 0.25) is 0 Å². The molecule has 1 amide bonds. The lowest BCUT2D eigenvalue weighted by Gasteiger charge is -2.51. The molecule has 1 aliphatic heterocycles. The topological polar surface area (TPSA) is 109 Å². The summed E-state index contributed by atoms with van der Waals surface area (Å²) in [4.78, 5) is 19.1. The van der Waals surface area contributed by atoms with Crippen LogP contribution in [0.1, 0.15) is 61.2 Å². The molecule has 4 rings (SSSR count). The summed E-state index contributed by atoms with van der Waals surface area (Å²) in [6.07, 6.45) is -3.10. The number of carbonyl (C=O) groups is 1. The van der Waals surface area contributed by atoms with Gasteiger partial charge < -0.3 is 16.2 Å². The van der Waals surface area contributed by atoms with E-state index in [2.05, 4.69) is 34.2 Å². The highest BCUT2D eigenvalue weighted by molar-refractivity contribution is 5.98. The Labute approximate surface area is 202 Å². The van der Waals surface area contributed by atoms with Gasteiger partial charge in [-0.3, -0.25) is 19.4 Å². The summed E-state index contributed by atoms with van der Waals surface area (Å²) in [5, 5.41) is 16.9. The van der Waals surface area contributed by atoms with Crippen LogP contribution in [0.4, 0.5) is 24.7 Å². The van der Waals surface area contributed by atoms with Crippen LogP contribution in [-0.4, -0.2) is 63.8 Å². The van der Waals surface area contributed by atoms with Crippen molar-refractivity contribution in [3.8, 4) is 0 Å². The number of halogens is 3. The quantitative estimate of drug-likeness (QED) is 0.568. The minimum atomic E-state index is -4.75. The van der Waals surface area contributed by atoms with Crippen LogP contribution in [0.25, 0.3) is 0 Å². The summed E-state index contributed by atoms with van der Waals surface area (Å²) in [7, 11) is 1.76. The predicted octanol–water partition coefficient (Wildman–Crippen LogP) is 3.83. The molecular weight excluding hydrogens is 461 g/mol. The number of nitrogens with two attached hydrogens (primary N) is 1. The molecular formula is C24H31F3N6O2. The number of nitrogens with one attached hydrogen (secondary N) is 1. The molecule has 3 atom stereocenters. The van der Waals surface area contributed by atoms with Crippen LogP contribution >= 0.6 is 0 Å². The van der Waals surface area contributed by atoms with E-state index in [0.717, 1.165) is 38.1 Å². The largest absolute Gasteiger partial charge is 0.418 e. The first-order valence-electron chi connectivity index (χ1n) is 11.6. The van der Waals surface area contributed by atoms with Crippen LogP contribution < -0.4 is 11.1 Å². The van der Waals surface area contributed by atoms with E-state index in [1.807, 2.05) is 0 Å². The van der Waals surface area contributed by atoms with Gasteiger partial charge in [-0.1, -0.05) is 26.0 Å². The molecule has 190 valence electrons. The van der Waals surface area contributed by atoms with Gasteiger partial charge in [-0.25, -0.2) is 0 Å². The molecule has 2 heterocycles. The average molecular weight is 493 g/mol. The second-order valence-corrected chi connectivity index (χ2v) is 10.2. The van der Waals surface area contributed by atoms with Crippen LogP contribution in [-0.2, 0) is 0 Å². The molecule has 11 heteroatoms. The van der Waals surface area contributed by atoms with Crippen molar-refractivity contribution in [1.29, 1.82) is 0 Å². The third-order valence-corrected chi connectivity index (χ3v) is 6.78. The Kier molecular flexibility index (Phi) is 6.67. The van der Waals surface area contributed by atoms with Gasteiger partial charge in [0.15, 0.2) is 11.9 Å². The van der Waals surface area contributed by atoms with Crippen molar-refractivity contribution in [2.45, 2.75) is 57.5 Å². The summed E-state index contributed by atoms with van der Waals surface area (Å²) in [5.41, 5.74) is 7.22. The lowest BCUT2D eigenvalue weighted by atomic mass is 9.79. The summed E-state index contributed by atoms with van der Waals surface area (Å²) >= 11 is 0. The van der Waals surface area contributed by atoms with Crippen LogP contribution in [0.15, 0.2) is 35.5 Å². The highest BCUT2D eigenvalue weighted by atomic mass is 19.4. The number of primary amides is 1. The Hall–Kier alpha value is -2.92. The SMILES string of the molecule is C/N=C1\C[C@H](N2CC(C)(C)C2)CC[C@@H]1n1cc(C(N)=O)c(Nc2ccc([C@@H](O)C(F)(F)F)cc2)n1. The molecule has 2 aliphatic rings. The smallest absolute Gasteiger partial charge is 0.379 e. The van der Waals surface area contributed by atoms with Crippen LogP contribution in [0.5, 0.6) is 0 Å². The molecule has 1 aromatic carbocycles. The van der Waals surface area contributed by atoms with Gasteiger partial charge in [-0.15, -0.1) is 0 Å². The van der Waals surface area contributed by atoms with Gasteiger partial charge in [-0.05, 0) is 36.0 Å². The maximum absolute atomic E-state index is 12.7. The Morgan fingerprint density at radius 2 is 1.91 bits per heavy atom. The number of carbonyl (C=O) groups excluding carboxylic acids is 1. The molecule has 8 nitrogen and oxygen atoms in total. The highest BCUT2D eigenvalue weighted by Crippen LogP contribution is 2.38. The number of rotatable bonds is 6. The molecule has 0 spiro atoms. The maximum Gasteiger partial charge on any atom is 0.418 e. The van der Waals surface area contributed by atoms with E-state index in [0.29, 0.717) is 17.1 Å².